The van der Waals surface area contributed by atoms with E-state index in [0.29, 0.717) is 24.4 Å². The number of nitrogens with one attached hydrogen (secondary N) is 1. The highest BCUT2D eigenvalue weighted by atomic mass is 35.5. The Balaban J connectivity index is 1.74. The van der Waals surface area contributed by atoms with Gasteiger partial charge in [0.15, 0.2) is 0 Å². The predicted octanol–water partition coefficient (Wildman–Crippen LogP) is 3.12. The highest BCUT2D eigenvalue weighted by Gasteiger charge is 2.08. The van der Waals surface area contributed by atoms with E-state index in [1.54, 1.807) is 12.1 Å². The molecule has 4 heteroatoms. The molecule has 2 N–H and O–H groups in total. The van der Waals surface area contributed by atoms with E-state index in [4.69, 9.17) is 11.6 Å². The summed E-state index contributed by atoms with van der Waals surface area (Å²) in [5.74, 6) is -0.0717. The van der Waals surface area contributed by atoms with Crippen LogP contribution >= 0.6 is 11.6 Å². The molecule has 0 saturated carbocycles. The van der Waals surface area contributed by atoms with Gasteiger partial charge < -0.3 is 10.4 Å². The predicted molar refractivity (Wildman–Crippen MR) is 84.2 cm³/mol. The van der Waals surface area contributed by atoms with E-state index in [-0.39, 0.29) is 5.91 Å². The third kappa shape index (κ3) is 5.21. The van der Waals surface area contributed by atoms with Gasteiger partial charge in [0.25, 0.3) is 0 Å². The Morgan fingerprint density at radius 1 is 1.14 bits per heavy atom. The fourth-order valence-electron chi connectivity index (χ4n) is 2.08. The molecular weight excluding hydrogens is 286 g/mol. The van der Waals surface area contributed by atoms with Crippen molar-refractivity contribution in [3.63, 3.8) is 0 Å². The van der Waals surface area contributed by atoms with E-state index in [1.165, 1.54) is 0 Å². The van der Waals surface area contributed by atoms with Gasteiger partial charge in [-0.15, -0.1) is 0 Å². The van der Waals surface area contributed by atoms with E-state index >= 15 is 0 Å². The van der Waals surface area contributed by atoms with Gasteiger partial charge in [-0.05, 0) is 29.7 Å². The minimum absolute atomic E-state index is 0.0717. The minimum atomic E-state index is -0.558. The molecule has 1 atom stereocenters. The maximum absolute atomic E-state index is 11.8. The first-order valence-electron chi connectivity index (χ1n) is 6.89. The molecule has 2 rings (SSSR count). The van der Waals surface area contributed by atoms with Gasteiger partial charge in [0.1, 0.15) is 0 Å². The number of rotatable bonds is 6. The highest BCUT2D eigenvalue weighted by Crippen LogP contribution is 2.15. The zero-order valence-electron chi connectivity index (χ0n) is 11.6. The first kappa shape index (κ1) is 15.5. The topological polar surface area (TPSA) is 49.3 Å². The lowest BCUT2D eigenvalue weighted by Gasteiger charge is -2.11. The third-order valence-electron chi connectivity index (χ3n) is 3.18. The summed E-state index contributed by atoms with van der Waals surface area (Å²) in [5.41, 5.74) is 1.74. The second-order valence-electron chi connectivity index (χ2n) is 4.87. The number of halogens is 1. The summed E-state index contributed by atoms with van der Waals surface area (Å²) in [6, 6.07) is 16.7. The first-order chi connectivity index (χ1) is 10.1. The van der Waals surface area contributed by atoms with Gasteiger partial charge in [0.2, 0.25) is 5.91 Å². The van der Waals surface area contributed by atoms with Crippen molar-refractivity contribution < 1.29 is 9.90 Å². The second kappa shape index (κ2) is 7.81. The van der Waals surface area contributed by atoms with Crippen LogP contribution in [0.4, 0.5) is 0 Å². The van der Waals surface area contributed by atoms with Crippen LogP contribution in [0, 0.1) is 0 Å². The van der Waals surface area contributed by atoms with Crippen molar-refractivity contribution in [3.8, 4) is 0 Å². The molecule has 1 unspecified atom stereocenters. The van der Waals surface area contributed by atoms with E-state index in [1.807, 2.05) is 42.5 Å². The standard InChI is InChI=1S/C17H18ClNO2/c18-15-8-4-5-13(11-15)12-17(21)19-10-9-16(20)14-6-2-1-3-7-14/h1-8,11,16,20H,9-10,12H2,(H,19,21). The fraction of sp³-hybridized carbons (Fsp3) is 0.235. The lowest BCUT2D eigenvalue weighted by atomic mass is 10.1. The molecule has 0 saturated heterocycles. The number of carbonyl (C=O) groups excluding carboxylic acids is 1. The van der Waals surface area contributed by atoms with Gasteiger partial charge in [0.05, 0.1) is 12.5 Å². The Morgan fingerprint density at radius 2 is 1.90 bits per heavy atom. The molecule has 2 aromatic rings. The molecule has 0 aliphatic heterocycles. The molecule has 1 amide bonds. The number of hydrogen-bond acceptors (Lipinski definition) is 2. The Bertz CT molecular complexity index is 586. The van der Waals surface area contributed by atoms with Gasteiger partial charge >= 0.3 is 0 Å². The van der Waals surface area contributed by atoms with Crippen molar-refractivity contribution in [2.45, 2.75) is 18.9 Å². The molecule has 110 valence electrons. The summed E-state index contributed by atoms with van der Waals surface area (Å²) < 4.78 is 0. The maximum atomic E-state index is 11.8. The number of amides is 1. The summed E-state index contributed by atoms with van der Waals surface area (Å²) in [5, 5.41) is 13.4. The van der Waals surface area contributed by atoms with Gasteiger partial charge in [-0.1, -0.05) is 54.1 Å². The lowest BCUT2D eigenvalue weighted by molar-refractivity contribution is -0.120. The molecule has 0 aliphatic carbocycles. The van der Waals surface area contributed by atoms with Crippen LogP contribution < -0.4 is 5.32 Å². The van der Waals surface area contributed by atoms with Gasteiger partial charge in [0, 0.05) is 11.6 Å². The lowest BCUT2D eigenvalue weighted by Crippen LogP contribution is -2.27. The first-order valence-corrected chi connectivity index (χ1v) is 7.27. The van der Waals surface area contributed by atoms with Crippen molar-refractivity contribution in [2.75, 3.05) is 6.54 Å². The summed E-state index contributed by atoms with van der Waals surface area (Å²) in [6.07, 6.45) is 0.227. The largest absolute Gasteiger partial charge is 0.388 e. The van der Waals surface area contributed by atoms with Crippen LogP contribution in [0.5, 0.6) is 0 Å². The van der Waals surface area contributed by atoms with Gasteiger partial charge in [-0.25, -0.2) is 0 Å². The van der Waals surface area contributed by atoms with Crippen molar-refractivity contribution in [1.82, 2.24) is 5.32 Å². The molecule has 0 bridgehead atoms. The van der Waals surface area contributed by atoms with E-state index in [0.717, 1.165) is 11.1 Å². The van der Waals surface area contributed by atoms with Crippen molar-refractivity contribution >= 4 is 17.5 Å². The Labute approximate surface area is 129 Å². The van der Waals surface area contributed by atoms with Crippen molar-refractivity contribution in [2.24, 2.45) is 0 Å². The summed E-state index contributed by atoms with van der Waals surface area (Å²) in [4.78, 5) is 11.8. The zero-order chi connectivity index (χ0) is 15.1. The third-order valence-corrected chi connectivity index (χ3v) is 3.41. The number of carbonyl (C=O) groups is 1. The zero-order valence-corrected chi connectivity index (χ0v) is 12.4. The van der Waals surface area contributed by atoms with Crippen LogP contribution in [0.3, 0.4) is 0 Å². The number of benzene rings is 2. The molecule has 2 aromatic carbocycles. The van der Waals surface area contributed by atoms with Crippen molar-refractivity contribution in [1.29, 1.82) is 0 Å². The monoisotopic (exact) mass is 303 g/mol. The SMILES string of the molecule is O=C(Cc1cccc(Cl)c1)NCCC(O)c1ccccc1. The number of hydrogen-bond donors (Lipinski definition) is 2. The van der Waals surface area contributed by atoms with Crippen LogP contribution in [-0.2, 0) is 11.2 Å². The second-order valence-corrected chi connectivity index (χ2v) is 5.31. The molecule has 0 aliphatic rings. The summed E-state index contributed by atoms with van der Waals surface area (Å²) in [6.45, 7) is 0.440. The molecule has 0 aromatic heterocycles. The van der Waals surface area contributed by atoms with Crippen LogP contribution in [0.2, 0.25) is 5.02 Å². The Morgan fingerprint density at radius 3 is 2.62 bits per heavy atom. The number of aliphatic hydroxyl groups is 1. The molecule has 0 fully saturated rings. The molecule has 3 nitrogen and oxygen atoms in total. The van der Waals surface area contributed by atoms with Gasteiger partial charge in [-0.3, -0.25) is 4.79 Å². The van der Waals surface area contributed by atoms with Crippen LogP contribution in [0.1, 0.15) is 23.7 Å². The van der Waals surface area contributed by atoms with Crippen LogP contribution in [0.25, 0.3) is 0 Å². The molecule has 0 heterocycles. The van der Waals surface area contributed by atoms with E-state index in [9.17, 15) is 9.90 Å². The fourth-order valence-corrected chi connectivity index (χ4v) is 2.30. The van der Waals surface area contributed by atoms with Crippen molar-refractivity contribution in [3.05, 3.63) is 70.7 Å². The Kier molecular flexibility index (Phi) is 5.78. The smallest absolute Gasteiger partial charge is 0.224 e. The highest BCUT2D eigenvalue weighted by molar-refractivity contribution is 6.30. The van der Waals surface area contributed by atoms with E-state index in [2.05, 4.69) is 5.32 Å². The summed E-state index contributed by atoms with van der Waals surface area (Å²) in [7, 11) is 0. The minimum Gasteiger partial charge on any atom is -0.388 e. The van der Waals surface area contributed by atoms with E-state index < -0.39 is 6.10 Å². The molecule has 21 heavy (non-hydrogen) atoms. The van der Waals surface area contributed by atoms with Crippen LogP contribution in [0.15, 0.2) is 54.6 Å². The maximum Gasteiger partial charge on any atom is 0.224 e. The molecule has 0 spiro atoms. The normalized spacial score (nSPS) is 11.9. The average Bonchev–Trinajstić information content (AvgIpc) is 2.48. The number of aliphatic hydroxyl groups excluding tert-OH is 1. The van der Waals surface area contributed by atoms with Gasteiger partial charge in [-0.2, -0.15) is 0 Å². The molecule has 0 radical (unpaired) electrons. The average molecular weight is 304 g/mol. The van der Waals surface area contributed by atoms with Crippen LogP contribution in [-0.4, -0.2) is 17.6 Å². The Hall–Kier alpha value is -1.84. The molecular formula is C17H18ClNO2. The quantitative estimate of drug-likeness (QED) is 0.861. The summed E-state index contributed by atoms with van der Waals surface area (Å²) >= 11 is 5.88.